The van der Waals surface area contributed by atoms with Crippen molar-refractivity contribution < 1.29 is 18.7 Å². The van der Waals surface area contributed by atoms with Gasteiger partial charge >= 0.3 is 0 Å². The van der Waals surface area contributed by atoms with Gasteiger partial charge in [-0.15, -0.1) is 0 Å². The predicted octanol–water partition coefficient (Wildman–Crippen LogP) is 3.83. The second-order valence-electron chi connectivity index (χ2n) is 6.41. The Morgan fingerprint density at radius 2 is 1.89 bits per heavy atom. The normalized spacial score (nSPS) is 10.6. The van der Waals surface area contributed by atoms with Crippen LogP contribution in [0.3, 0.4) is 0 Å². The van der Waals surface area contributed by atoms with Crippen molar-refractivity contribution in [3.63, 3.8) is 0 Å². The van der Waals surface area contributed by atoms with Crippen LogP contribution in [0.1, 0.15) is 17.0 Å². The number of amides is 1. The van der Waals surface area contributed by atoms with Crippen molar-refractivity contribution in [2.24, 2.45) is 0 Å². The maximum atomic E-state index is 14.6. The Hall–Kier alpha value is -3.35. The van der Waals surface area contributed by atoms with Crippen LogP contribution in [-0.2, 0) is 11.2 Å². The van der Waals surface area contributed by atoms with Crippen LogP contribution in [0.5, 0.6) is 11.5 Å². The summed E-state index contributed by atoms with van der Waals surface area (Å²) in [5, 5.41) is 7.00. The first kappa shape index (κ1) is 19.4. The summed E-state index contributed by atoms with van der Waals surface area (Å²) < 4.78 is 26.6. The zero-order valence-electron chi connectivity index (χ0n) is 16.2. The van der Waals surface area contributed by atoms with E-state index in [1.807, 2.05) is 19.9 Å². The molecule has 1 heterocycles. The highest BCUT2D eigenvalue weighted by Gasteiger charge is 2.13. The first-order chi connectivity index (χ1) is 13.4. The molecule has 0 aliphatic rings. The molecule has 3 aromatic rings. The number of carbonyl (C=O) groups excluding carboxylic acids is 1. The van der Waals surface area contributed by atoms with E-state index in [2.05, 4.69) is 10.4 Å². The predicted molar refractivity (Wildman–Crippen MR) is 105 cm³/mol. The highest BCUT2D eigenvalue weighted by atomic mass is 19.1. The van der Waals surface area contributed by atoms with Gasteiger partial charge in [-0.3, -0.25) is 4.79 Å². The molecule has 6 nitrogen and oxygen atoms in total. The Balaban J connectivity index is 1.74. The summed E-state index contributed by atoms with van der Waals surface area (Å²) >= 11 is 0. The first-order valence-electron chi connectivity index (χ1n) is 8.75. The lowest BCUT2D eigenvalue weighted by atomic mass is 10.1. The van der Waals surface area contributed by atoms with Crippen molar-refractivity contribution in [3.05, 3.63) is 65.2 Å². The molecule has 0 saturated heterocycles. The van der Waals surface area contributed by atoms with Crippen molar-refractivity contribution in [2.45, 2.75) is 20.3 Å². The van der Waals surface area contributed by atoms with E-state index in [4.69, 9.17) is 9.47 Å². The number of nitrogens with zero attached hydrogens (tertiary/aromatic N) is 2. The van der Waals surface area contributed by atoms with Gasteiger partial charge in [-0.05, 0) is 44.2 Å². The second kappa shape index (κ2) is 8.12. The number of hydrogen-bond donors (Lipinski definition) is 1. The van der Waals surface area contributed by atoms with Crippen molar-refractivity contribution in [2.75, 3.05) is 19.5 Å². The fourth-order valence-corrected chi connectivity index (χ4v) is 3.01. The minimum atomic E-state index is -0.467. The van der Waals surface area contributed by atoms with Crippen molar-refractivity contribution >= 4 is 11.6 Å². The van der Waals surface area contributed by atoms with Crippen LogP contribution in [0.4, 0.5) is 10.1 Å². The molecule has 1 N–H and O–H groups in total. The molecular formula is C21H22FN3O3. The van der Waals surface area contributed by atoms with E-state index in [1.165, 1.54) is 13.2 Å². The van der Waals surface area contributed by atoms with E-state index < -0.39 is 5.82 Å². The molecule has 28 heavy (non-hydrogen) atoms. The molecule has 0 radical (unpaired) electrons. The average Bonchev–Trinajstić information content (AvgIpc) is 3.00. The monoisotopic (exact) mass is 383 g/mol. The molecule has 0 unspecified atom stereocenters. The summed E-state index contributed by atoms with van der Waals surface area (Å²) in [6.45, 7) is 3.71. The quantitative estimate of drug-likeness (QED) is 0.703. The van der Waals surface area contributed by atoms with E-state index in [1.54, 1.807) is 42.1 Å². The molecule has 146 valence electrons. The van der Waals surface area contributed by atoms with Crippen LogP contribution in [0.25, 0.3) is 5.69 Å². The van der Waals surface area contributed by atoms with E-state index in [-0.39, 0.29) is 12.3 Å². The fourth-order valence-electron chi connectivity index (χ4n) is 3.01. The van der Waals surface area contributed by atoms with Gasteiger partial charge in [-0.25, -0.2) is 9.07 Å². The number of aromatic nitrogens is 2. The summed E-state index contributed by atoms with van der Waals surface area (Å²) in [7, 11) is 3.09. The molecule has 3 rings (SSSR count). The first-order valence-corrected chi connectivity index (χ1v) is 8.75. The largest absolute Gasteiger partial charge is 0.497 e. The number of benzene rings is 2. The number of carbonyl (C=O) groups is 1. The third kappa shape index (κ3) is 4.14. The standard InChI is InChI=1S/C21H22FN3O3/c1-13-9-14(2)25(24-13)19-8-6-16(11-18(19)22)23-21(26)10-15-5-7-17(27-3)12-20(15)28-4/h5-9,11-12H,10H2,1-4H3,(H,23,26). The number of hydrogen-bond acceptors (Lipinski definition) is 4. The van der Waals surface area contributed by atoms with Crippen molar-refractivity contribution in [3.8, 4) is 17.2 Å². The van der Waals surface area contributed by atoms with E-state index in [0.29, 0.717) is 28.4 Å². The lowest BCUT2D eigenvalue weighted by Gasteiger charge is -2.12. The summed E-state index contributed by atoms with van der Waals surface area (Å²) in [5.74, 6) is 0.455. The SMILES string of the molecule is COc1ccc(CC(=O)Nc2ccc(-n3nc(C)cc3C)c(F)c2)c(OC)c1. The van der Waals surface area contributed by atoms with Gasteiger partial charge in [0.1, 0.15) is 17.2 Å². The topological polar surface area (TPSA) is 65.4 Å². The number of methoxy groups -OCH3 is 2. The van der Waals surface area contributed by atoms with Crippen molar-refractivity contribution in [1.82, 2.24) is 9.78 Å². The minimum absolute atomic E-state index is 0.0913. The molecule has 2 aromatic carbocycles. The lowest BCUT2D eigenvalue weighted by molar-refractivity contribution is -0.115. The van der Waals surface area contributed by atoms with Crippen LogP contribution in [0.15, 0.2) is 42.5 Å². The Morgan fingerprint density at radius 3 is 2.50 bits per heavy atom. The van der Waals surface area contributed by atoms with Crippen LogP contribution in [0.2, 0.25) is 0 Å². The number of anilines is 1. The highest BCUT2D eigenvalue weighted by molar-refractivity contribution is 5.92. The zero-order valence-corrected chi connectivity index (χ0v) is 16.2. The molecule has 0 aliphatic heterocycles. The fraction of sp³-hybridized carbons (Fsp3) is 0.238. The van der Waals surface area contributed by atoms with Gasteiger partial charge in [0.2, 0.25) is 5.91 Å². The Bertz CT molecular complexity index is 1010. The maximum Gasteiger partial charge on any atom is 0.228 e. The van der Waals surface area contributed by atoms with Gasteiger partial charge in [0.15, 0.2) is 5.82 Å². The molecule has 0 saturated carbocycles. The van der Waals surface area contributed by atoms with Crippen molar-refractivity contribution in [1.29, 1.82) is 0 Å². The Kier molecular flexibility index (Phi) is 5.63. The number of rotatable bonds is 6. The molecule has 0 bridgehead atoms. The van der Waals surface area contributed by atoms with Gasteiger partial charge in [-0.1, -0.05) is 6.07 Å². The third-order valence-corrected chi connectivity index (χ3v) is 4.31. The Morgan fingerprint density at radius 1 is 1.11 bits per heavy atom. The van der Waals surface area contributed by atoms with Crippen LogP contribution >= 0.6 is 0 Å². The number of halogens is 1. The average molecular weight is 383 g/mol. The van der Waals surface area contributed by atoms with Gasteiger partial charge in [0.25, 0.3) is 0 Å². The molecule has 0 fully saturated rings. The smallest absolute Gasteiger partial charge is 0.228 e. The third-order valence-electron chi connectivity index (χ3n) is 4.31. The minimum Gasteiger partial charge on any atom is -0.497 e. The van der Waals surface area contributed by atoms with E-state index >= 15 is 0 Å². The van der Waals surface area contributed by atoms with Gasteiger partial charge < -0.3 is 14.8 Å². The molecule has 7 heteroatoms. The van der Waals surface area contributed by atoms with Crippen LogP contribution in [0, 0.1) is 19.7 Å². The summed E-state index contributed by atoms with van der Waals surface area (Å²) in [6.07, 6.45) is 0.0913. The highest BCUT2D eigenvalue weighted by Crippen LogP contribution is 2.25. The second-order valence-corrected chi connectivity index (χ2v) is 6.41. The Labute approximate surface area is 162 Å². The summed E-state index contributed by atoms with van der Waals surface area (Å²) in [6, 6.07) is 11.6. The number of nitrogens with one attached hydrogen (secondary N) is 1. The molecule has 0 spiro atoms. The van der Waals surface area contributed by atoms with E-state index in [0.717, 1.165) is 11.4 Å². The number of ether oxygens (including phenoxy) is 2. The molecule has 1 aromatic heterocycles. The molecule has 0 atom stereocenters. The lowest BCUT2D eigenvalue weighted by Crippen LogP contribution is -2.15. The van der Waals surface area contributed by atoms with Crippen LogP contribution < -0.4 is 14.8 Å². The van der Waals surface area contributed by atoms with Crippen LogP contribution in [-0.4, -0.2) is 29.9 Å². The number of aryl methyl sites for hydroxylation is 2. The molecule has 1 amide bonds. The van der Waals surface area contributed by atoms with Gasteiger partial charge in [0, 0.05) is 23.0 Å². The molecular weight excluding hydrogens is 361 g/mol. The van der Waals surface area contributed by atoms with Gasteiger partial charge in [-0.2, -0.15) is 5.10 Å². The molecule has 0 aliphatic carbocycles. The summed E-state index contributed by atoms with van der Waals surface area (Å²) in [4.78, 5) is 12.4. The van der Waals surface area contributed by atoms with Gasteiger partial charge in [0.05, 0.1) is 26.3 Å². The zero-order chi connectivity index (χ0) is 20.3. The van der Waals surface area contributed by atoms with E-state index in [9.17, 15) is 9.18 Å². The maximum absolute atomic E-state index is 14.6. The summed E-state index contributed by atoms with van der Waals surface area (Å²) in [5.41, 5.74) is 3.06.